The molecule has 142 valence electrons. The van der Waals surface area contributed by atoms with E-state index in [1.807, 2.05) is 0 Å². The number of carbonyl (C=O) groups is 2. The van der Waals surface area contributed by atoms with Gasteiger partial charge < -0.3 is 14.7 Å². The topological polar surface area (TPSA) is 66.8 Å². The van der Waals surface area contributed by atoms with Crippen LogP contribution in [0.3, 0.4) is 0 Å². The number of likely N-dealkylation sites (tertiary alicyclic amines) is 1. The fourth-order valence-corrected chi connectivity index (χ4v) is 3.66. The molecule has 1 saturated heterocycles. The van der Waals surface area contributed by atoms with Gasteiger partial charge in [-0.3, -0.25) is 9.59 Å². The molecule has 8 heteroatoms. The average Bonchev–Trinajstić information content (AvgIpc) is 3.34. The lowest BCUT2D eigenvalue weighted by Crippen LogP contribution is -2.40. The van der Waals surface area contributed by atoms with Crippen LogP contribution in [-0.4, -0.2) is 41.3 Å². The number of nitrogens with zero attached hydrogens (tertiary/aromatic N) is 1. The van der Waals surface area contributed by atoms with Gasteiger partial charge in [0.15, 0.2) is 0 Å². The Hall–Kier alpha value is -2.25. The van der Waals surface area contributed by atoms with Gasteiger partial charge in [0.2, 0.25) is 5.91 Å². The van der Waals surface area contributed by atoms with Crippen LogP contribution in [-0.2, 0) is 9.59 Å². The number of alkyl halides is 3. The second-order valence-corrected chi connectivity index (χ2v) is 6.90. The Balaban J connectivity index is 1.59. The summed E-state index contributed by atoms with van der Waals surface area (Å²) in [6.45, 7) is 1.00. The minimum absolute atomic E-state index is 0.0643. The summed E-state index contributed by atoms with van der Waals surface area (Å²) in [4.78, 5) is 25.1. The monoisotopic (exact) mass is 371 g/mol. The molecule has 0 spiro atoms. The highest BCUT2D eigenvalue weighted by Crippen LogP contribution is 2.52. The van der Waals surface area contributed by atoms with Crippen molar-refractivity contribution >= 4 is 11.9 Å². The molecule has 2 fully saturated rings. The van der Waals surface area contributed by atoms with Crippen molar-refractivity contribution in [1.82, 2.24) is 4.90 Å². The zero-order chi connectivity index (χ0) is 18.9. The molecule has 0 bridgehead atoms. The lowest BCUT2D eigenvalue weighted by atomic mass is 9.93. The highest BCUT2D eigenvalue weighted by molar-refractivity contribution is 5.83. The second kappa shape index (κ2) is 7.17. The van der Waals surface area contributed by atoms with Crippen LogP contribution in [0.5, 0.6) is 5.75 Å². The minimum Gasteiger partial charge on any atom is -0.481 e. The molecule has 2 aliphatic rings. The van der Waals surface area contributed by atoms with Crippen LogP contribution in [0.1, 0.15) is 37.2 Å². The molecule has 1 N–H and O–H groups in total. The summed E-state index contributed by atoms with van der Waals surface area (Å²) in [5.74, 6) is -1.67. The quantitative estimate of drug-likeness (QED) is 0.862. The van der Waals surface area contributed by atoms with Gasteiger partial charge in [-0.1, -0.05) is 18.2 Å². The summed E-state index contributed by atoms with van der Waals surface area (Å²) in [7, 11) is 0. The molecule has 2 unspecified atom stereocenters. The van der Waals surface area contributed by atoms with Gasteiger partial charge in [0, 0.05) is 25.4 Å². The van der Waals surface area contributed by atoms with Crippen molar-refractivity contribution in [2.45, 2.75) is 38.0 Å². The van der Waals surface area contributed by atoms with Crippen molar-refractivity contribution in [2.75, 3.05) is 13.1 Å². The van der Waals surface area contributed by atoms with Gasteiger partial charge in [0.25, 0.3) is 0 Å². The summed E-state index contributed by atoms with van der Waals surface area (Å²) < 4.78 is 41.7. The van der Waals surface area contributed by atoms with Gasteiger partial charge in [0.05, 0.1) is 0 Å². The van der Waals surface area contributed by atoms with Crippen molar-refractivity contribution in [1.29, 1.82) is 0 Å². The number of para-hydroxylation sites is 1. The first-order valence-electron chi connectivity index (χ1n) is 8.60. The zero-order valence-electron chi connectivity index (χ0n) is 14.0. The number of hydrogen-bond donors (Lipinski definition) is 1. The predicted molar refractivity (Wildman–Crippen MR) is 85.5 cm³/mol. The predicted octanol–water partition coefficient (Wildman–Crippen LogP) is 3.40. The van der Waals surface area contributed by atoms with Crippen LogP contribution in [0.4, 0.5) is 13.2 Å². The normalized spacial score (nSPS) is 23.6. The van der Waals surface area contributed by atoms with Gasteiger partial charge in [-0.2, -0.15) is 0 Å². The number of piperidine rings is 1. The van der Waals surface area contributed by atoms with E-state index >= 15 is 0 Å². The first-order chi connectivity index (χ1) is 12.2. The number of aliphatic carboxylic acids is 1. The number of amides is 1. The molecule has 26 heavy (non-hydrogen) atoms. The number of carboxylic acid groups (broad SMARTS) is 1. The molecule has 1 amide bonds. The third-order valence-electron chi connectivity index (χ3n) is 5.04. The van der Waals surface area contributed by atoms with Crippen LogP contribution in [0.15, 0.2) is 24.3 Å². The number of halogens is 3. The Morgan fingerprint density at radius 2 is 1.85 bits per heavy atom. The van der Waals surface area contributed by atoms with E-state index in [1.165, 1.54) is 12.1 Å². The molecule has 1 aliphatic heterocycles. The van der Waals surface area contributed by atoms with Crippen molar-refractivity contribution in [3.05, 3.63) is 29.8 Å². The van der Waals surface area contributed by atoms with E-state index in [4.69, 9.17) is 5.11 Å². The average molecular weight is 371 g/mol. The Morgan fingerprint density at radius 3 is 2.46 bits per heavy atom. The van der Waals surface area contributed by atoms with E-state index in [2.05, 4.69) is 4.74 Å². The highest BCUT2D eigenvalue weighted by atomic mass is 19.4. The maximum Gasteiger partial charge on any atom is 0.573 e. The summed E-state index contributed by atoms with van der Waals surface area (Å²) in [6.07, 6.45) is -2.87. The van der Waals surface area contributed by atoms with E-state index < -0.39 is 12.3 Å². The molecule has 5 nitrogen and oxygen atoms in total. The highest BCUT2D eigenvalue weighted by Gasteiger charge is 2.48. The van der Waals surface area contributed by atoms with Crippen molar-refractivity contribution < 1.29 is 32.6 Å². The lowest BCUT2D eigenvalue weighted by molar-refractivity contribution is -0.274. The number of rotatable bonds is 5. The van der Waals surface area contributed by atoms with Gasteiger partial charge in [-0.15, -0.1) is 13.2 Å². The summed E-state index contributed by atoms with van der Waals surface area (Å²) in [5, 5.41) is 8.83. The Bertz CT molecular complexity index is 683. The number of carboxylic acids is 1. The van der Waals surface area contributed by atoms with E-state index in [0.29, 0.717) is 37.9 Å². The Kier molecular flexibility index (Phi) is 5.11. The molecular formula is C18H20F3NO4. The summed E-state index contributed by atoms with van der Waals surface area (Å²) in [5.41, 5.74) is 0.406. The van der Waals surface area contributed by atoms with Gasteiger partial charge in [-0.05, 0) is 42.7 Å². The first-order valence-corrected chi connectivity index (χ1v) is 8.60. The number of ether oxygens (including phenoxy) is 1. The molecule has 1 saturated carbocycles. The maximum absolute atomic E-state index is 12.6. The number of carbonyl (C=O) groups excluding carboxylic acids is 1. The van der Waals surface area contributed by atoms with Crippen molar-refractivity contribution in [3.8, 4) is 5.75 Å². The third kappa shape index (κ3) is 4.47. The van der Waals surface area contributed by atoms with Crippen molar-refractivity contribution in [2.24, 2.45) is 11.8 Å². The van der Waals surface area contributed by atoms with Gasteiger partial charge in [0.1, 0.15) is 5.75 Å². The number of hydrogen-bond acceptors (Lipinski definition) is 3. The van der Waals surface area contributed by atoms with Crippen LogP contribution >= 0.6 is 0 Å². The summed E-state index contributed by atoms with van der Waals surface area (Å²) in [6, 6.07) is 5.94. The third-order valence-corrected chi connectivity index (χ3v) is 5.04. The zero-order valence-corrected chi connectivity index (χ0v) is 14.0. The molecule has 0 aromatic heterocycles. The van der Waals surface area contributed by atoms with E-state index in [0.717, 1.165) is 0 Å². The molecule has 1 aromatic rings. The van der Waals surface area contributed by atoms with Crippen LogP contribution in [0.2, 0.25) is 0 Å². The van der Waals surface area contributed by atoms with Crippen LogP contribution < -0.4 is 4.74 Å². The van der Waals surface area contributed by atoms with Crippen LogP contribution in [0.25, 0.3) is 0 Å². The minimum atomic E-state index is -4.77. The smallest absolute Gasteiger partial charge is 0.481 e. The lowest BCUT2D eigenvalue weighted by Gasteiger charge is -2.31. The summed E-state index contributed by atoms with van der Waals surface area (Å²) >= 11 is 0. The molecule has 0 radical (unpaired) electrons. The molecule has 1 aromatic carbocycles. The first kappa shape index (κ1) is 18.5. The standard InChI is InChI=1S/C18H20F3NO4/c19-18(20,21)26-15-4-2-1-3-12(15)13-10-14(13)17(25)22-7-5-11(6-8-22)9-16(23)24/h1-4,11,13-14H,5-10H2,(H,23,24). The van der Waals surface area contributed by atoms with Gasteiger partial charge >= 0.3 is 12.3 Å². The van der Waals surface area contributed by atoms with Crippen LogP contribution in [0, 0.1) is 11.8 Å². The Labute approximate surface area is 148 Å². The maximum atomic E-state index is 12.6. The second-order valence-electron chi connectivity index (χ2n) is 6.90. The van der Waals surface area contributed by atoms with E-state index in [9.17, 15) is 22.8 Å². The molecule has 3 rings (SSSR count). The SMILES string of the molecule is O=C(O)CC1CCN(C(=O)C2CC2c2ccccc2OC(F)(F)F)CC1. The largest absolute Gasteiger partial charge is 0.573 e. The molecule has 2 atom stereocenters. The van der Waals surface area contributed by atoms with E-state index in [-0.39, 0.29) is 35.8 Å². The molecule has 1 heterocycles. The van der Waals surface area contributed by atoms with E-state index in [1.54, 1.807) is 17.0 Å². The fourth-order valence-electron chi connectivity index (χ4n) is 3.66. The van der Waals surface area contributed by atoms with Gasteiger partial charge in [-0.25, -0.2) is 0 Å². The fraction of sp³-hybridized carbons (Fsp3) is 0.556. The number of benzene rings is 1. The molecular weight excluding hydrogens is 351 g/mol. The van der Waals surface area contributed by atoms with Crippen molar-refractivity contribution in [3.63, 3.8) is 0 Å². The molecule has 1 aliphatic carbocycles. The Morgan fingerprint density at radius 1 is 1.19 bits per heavy atom.